The number of benzene rings is 1. The zero-order chi connectivity index (χ0) is 13.4. The van der Waals surface area contributed by atoms with Gasteiger partial charge >= 0.3 is 0 Å². The van der Waals surface area contributed by atoms with Crippen LogP contribution < -0.4 is 0 Å². The summed E-state index contributed by atoms with van der Waals surface area (Å²) in [6.07, 6.45) is -5.62. The minimum Gasteiger partial charge on any atom is -0.388 e. The van der Waals surface area contributed by atoms with E-state index in [1.807, 2.05) is 0 Å². The third-order valence-electron chi connectivity index (χ3n) is 3.08. The van der Waals surface area contributed by atoms with Gasteiger partial charge in [-0.25, -0.2) is 8.78 Å². The fourth-order valence-corrected chi connectivity index (χ4v) is 2.08. The highest BCUT2D eigenvalue weighted by Crippen LogP contribution is 2.31. The predicted molar refractivity (Wildman–Crippen MR) is 57.7 cm³/mol. The number of rotatable bonds is 2. The number of aliphatic hydroxyl groups is 3. The van der Waals surface area contributed by atoms with Gasteiger partial charge in [0.05, 0.1) is 6.10 Å². The molecule has 1 saturated heterocycles. The lowest BCUT2D eigenvalue weighted by Gasteiger charge is -2.21. The Bertz CT molecular complexity index is 420. The Hall–Kier alpha value is -1.08. The fourth-order valence-electron chi connectivity index (χ4n) is 2.08. The smallest absolute Gasteiger partial charge is 0.126 e. The number of ether oxygens (including phenoxy) is 1. The first-order chi connectivity index (χ1) is 8.40. The van der Waals surface area contributed by atoms with Crippen molar-refractivity contribution in [3.63, 3.8) is 0 Å². The number of hydrogen-bond acceptors (Lipinski definition) is 4. The zero-order valence-corrected chi connectivity index (χ0v) is 9.62. The van der Waals surface area contributed by atoms with Crippen LogP contribution in [0, 0.1) is 11.6 Å². The molecule has 0 aromatic heterocycles. The average Bonchev–Trinajstić information content (AvgIpc) is 2.55. The van der Waals surface area contributed by atoms with Gasteiger partial charge in [0.2, 0.25) is 0 Å². The summed E-state index contributed by atoms with van der Waals surface area (Å²) in [5.74, 6) is -1.66. The second kappa shape index (κ2) is 4.89. The molecule has 4 nitrogen and oxygen atoms in total. The largest absolute Gasteiger partial charge is 0.388 e. The first-order valence-electron chi connectivity index (χ1n) is 5.56. The Morgan fingerprint density at radius 3 is 2.11 bits per heavy atom. The summed E-state index contributed by atoms with van der Waals surface area (Å²) >= 11 is 0. The molecule has 18 heavy (non-hydrogen) atoms. The van der Waals surface area contributed by atoms with Crippen molar-refractivity contribution >= 4 is 0 Å². The highest BCUT2D eigenvalue weighted by atomic mass is 19.1. The number of halogens is 2. The van der Waals surface area contributed by atoms with Crippen LogP contribution in [-0.2, 0) is 4.74 Å². The van der Waals surface area contributed by atoms with E-state index in [-0.39, 0.29) is 5.56 Å². The molecule has 0 unspecified atom stereocenters. The molecule has 0 spiro atoms. The van der Waals surface area contributed by atoms with E-state index in [4.69, 9.17) is 4.74 Å². The lowest BCUT2D eigenvalue weighted by molar-refractivity contribution is -0.0637. The molecule has 1 aromatic carbocycles. The lowest BCUT2D eigenvalue weighted by Crippen LogP contribution is -2.35. The van der Waals surface area contributed by atoms with Crippen LogP contribution in [0.1, 0.15) is 18.6 Å². The van der Waals surface area contributed by atoms with Gasteiger partial charge in [-0.15, -0.1) is 0 Å². The van der Waals surface area contributed by atoms with Gasteiger partial charge in [0, 0.05) is 6.07 Å². The van der Waals surface area contributed by atoms with Crippen LogP contribution in [0.2, 0.25) is 0 Å². The monoisotopic (exact) mass is 260 g/mol. The predicted octanol–water partition coefficient (Wildman–Crippen LogP) is 0.507. The van der Waals surface area contributed by atoms with E-state index in [0.29, 0.717) is 6.07 Å². The molecule has 100 valence electrons. The molecular weight excluding hydrogens is 246 g/mol. The van der Waals surface area contributed by atoms with E-state index in [1.54, 1.807) is 0 Å². The van der Waals surface area contributed by atoms with Crippen molar-refractivity contribution < 1.29 is 28.8 Å². The van der Waals surface area contributed by atoms with Crippen molar-refractivity contribution in [1.29, 1.82) is 0 Å². The van der Waals surface area contributed by atoms with Gasteiger partial charge in [-0.2, -0.15) is 0 Å². The van der Waals surface area contributed by atoms with E-state index in [9.17, 15) is 24.1 Å². The lowest BCUT2D eigenvalue weighted by atomic mass is 9.98. The molecule has 2 rings (SSSR count). The van der Waals surface area contributed by atoms with Gasteiger partial charge in [0.1, 0.15) is 36.1 Å². The Kier molecular flexibility index (Phi) is 3.63. The maximum atomic E-state index is 13.0. The van der Waals surface area contributed by atoms with Crippen LogP contribution in [0.25, 0.3) is 0 Å². The third-order valence-corrected chi connectivity index (χ3v) is 3.08. The Balaban J connectivity index is 2.23. The molecule has 6 heteroatoms. The van der Waals surface area contributed by atoms with Crippen LogP contribution in [0.5, 0.6) is 0 Å². The molecule has 0 bridgehead atoms. The summed E-state index contributed by atoms with van der Waals surface area (Å²) in [7, 11) is 0. The molecule has 1 heterocycles. The summed E-state index contributed by atoms with van der Waals surface area (Å²) in [5, 5.41) is 29.1. The Morgan fingerprint density at radius 2 is 1.67 bits per heavy atom. The summed E-state index contributed by atoms with van der Waals surface area (Å²) in [4.78, 5) is 0. The zero-order valence-electron chi connectivity index (χ0n) is 9.62. The second-order valence-electron chi connectivity index (χ2n) is 4.43. The normalized spacial score (nSPS) is 33.7. The standard InChI is InChI=1S/C12H14F2O4/c1-5-9(15)11(17)12(18-5)10(16)6-2-7(13)4-8(14)3-6/h2-5,9-12,15-17H,1H3/t5-,9-,10-,11-,12+/m0/s1. The molecule has 1 aliphatic rings. The Morgan fingerprint density at radius 1 is 1.11 bits per heavy atom. The highest BCUT2D eigenvalue weighted by molar-refractivity contribution is 5.22. The van der Waals surface area contributed by atoms with Crippen LogP contribution in [0.15, 0.2) is 18.2 Å². The van der Waals surface area contributed by atoms with Crippen LogP contribution >= 0.6 is 0 Å². The van der Waals surface area contributed by atoms with E-state index >= 15 is 0 Å². The summed E-state index contributed by atoms with van der Waals surface area (Å²) < 4.78 is 31.2. The van der Waals surface area contributed by atoms with Crippen molar-refractivity contribution in [2.75, 3.05) is 0 Å². The summed E-state index contributed by atoms with van der Waals surface area (Å²) in [5.41, 5.74) is -0.0437. The van der Waals surface area contributed by atoms with E-state index in [1.165, 1.54) is 6.92 Å². The van der Waals surface area contributed by atoms with E-state index in [2.05, 4.69) is 0 Å². The molecule has 1 aliphatic heterocycles. The van der Waals surface area contributed by atoms with Crippen molar-refractivity contribution in [3.05, 3.63) is 35.4 Å². The van der Waals surface area contributed by atoms with E-state index < -0.39 is 42.2 Å². The van der Waals surface area contributed by atoms with E-state index in [0.717, 1.165) is 12.1 Å². The van der Waals surface area contributed by atoms with Gasteiger partial charge < -0.3 is 20.1 Å². The quantitative estimate of drug-likeness (QED) is 0.724. The van der Waals surface area contributed by atoms with Crippen LogP contribution in [-0.4, -0.2) is 39.7 Å². The van der Waals surface area contributed by atoms with Gasteiger partial charge in [0.15, 0.2) is 0 Å². The third kappa shape index (κ3) is 2.37. The van der Waals surface area contributed by atoms with Gasteiger partial charge in [-0.05, 0) is 24.6 Å². The Labute approximate surface area is 102 Å². The molecule has 0 aliphatic carbocycles. The fraction of sp³-hybridized carbons (Fsp3) is 0.500. The average molecular weight is 260 g/mol. The molecule has 0 radical (unpaired) electrons. The van der Waals surface area contributed by atoms with Crippen LogP contribution in [0.3, 0.4) is 0 Å². The van der Waals surface area contributed by atoms with Crippen molar-refractivity contribution in [1.82, 2.24) is 0 Å². The first-order valence-corrected chi connectivity index (χ1v) is 5.56. The minimum absolute atomic E-state index is 0.0437. The van der Waals surface area contributed by atoms with Gasteiger partial charge in [0.25, 0.3) is 0 Å². The van der Waals surface area contributed by atoms with Crippen molar-refractivity contribution in [2.45, 2.75) is 37.4 Å². The van der Waals surface area contributed by atoms with Crippen molar-refractivity contribution in [2.24, 2.45) is 0 Å². The van der Waals surface area contributed by atoms with Gasteiger partial charge in [-0.1, -0.05) is 0 Å². The number of hydrogen-bond donors (Lipinski definition) is 3. The minimum atomic E-state index is -1.41. The molecule has 1 aromatic rings. The first kappa shape index (κ1) is 13.4. The maximum Gasteiger partial charge on any atom is 0.126 e. The SMILES string of the molecule is C[C@@H]1O[C@H]([C@@H](O)c2cc(F)cc(F)c2)[C@@H](O)[C@H]1O. The second-order valence-corrected chi connectivity index (χ2v) is 4.43. The molecule has 1 fully saturated rings. The van der Waals surface area contributed by atoms with Crippen molar-refractivity contribution in [3.8, 4) is 0 Å². The molecule has 0 saturated carbocycles. The highest BCUT2D eigenvalue weighted by Gasteiger charge is 2.44. The summed E-state index contributed by atoms with van der Waals surface area (Å²) in [6.45, 7) is 1.53. The van der Waals surface area contributed by atoms with Crippen LogP contribution in [0.4, 0.5) is 8.78 Å². The molecular formula is C12H14F2O4. The topological polar surface area (TPSA) is 69.9 Å². The summed E-state index contributed by atoms with van der Waals surface area (Å²) in [6, 6.07) is 2.60. The molecule has 5 atom stereocenters. The number of aliphatic hydroxyl groups excluding tert-OH is 3. The van der Waals surface area contributed by atoms with Gasteiger partial charge in [-0.3, -0.25) is 0 Å². The molecule has 0 amide bonds. The molecule has 3 N–H and O–H groups in total. The maximum absolute atomic E-state index is 13.0.